The number of anilines is 1. The lowest BCUT2D eigenvalue weighted by Crippen LogP contribution is -2.54. The molecule has 1 fully saturated rings. The summed E-state index contributed by atoms with van der Waals surface area (Å²) in [5.41, 5.74) is 3.02. The Morgan fingerprint density at radius 1 is 1.31 bits per heavy atom. The predicted octanol–water partition coefficient (Wildman–Crippen LogP) is 2.97. The lowest BCUT2D eigenvalue weighted by atomic mass is 10.1. The first-order valence-corrected chi connectivity index (χ1v) is 9.10. The van der Waals surface area contributed by atoms with Gasteiger partial charge in [-0.1, -0.05) is 17.3 Å². The van der Waals surface area contributed by atoms with E-state index in [4.69, 9.17) is 9.26 Å². The number of methoxy groups -OCH3 is 1. The zero-order chi connectivity index (χ0) is 18.7. The lowest BCUT2D eigenvalue weighted by molar-refractivity contribution is -0.133. The van der Waals surface area contributed by atoms with Crippen LogP contribution in [0.2, 0.25) is 0 Å². The third kappa shape index (κ3) is 3.69. The van der Waals surface area contributed by atoms with Crippen LogP contribution < -0.4 is 9.64 Å². The highest BCUT2D eigenvalue weighted by atomic mass is 16.5. The van der Waals surface area contributed by atoms with Crippen LogP contribution in [0.3, 0.4) is 0 Å². The zero-order valence-electron chi connectivity index (χ0n) is 16.0. The van der Waals surface area contributed by atoms with Crippen LogP contribution >= 0.6 is 0 Å². The van der Waals surface area contributed by atoms with Gasteiger partial charge in [0.15, 0.2) is 0 Å². The van der Waals surface area contributed by atoms with Crippen LogP contribution in [-0.2, 0) is 11.2 Å². The molecular weight excluding hydrogens is 330 g/mol. The van der Waals surface area contributed by atoms with E-state index in [1.54, 1.807) is 7.11 Å². The van der Waals surface area contributed by atoms with E-state index in [1.807, 2.05) is 36.9 Å². The summed E-state index contributed by atoms with van der Waals surface area (Å²) in [6.45, 7) is 8.26. The molecule has 26 heavy (non-hydrogen) atoms. The summed E-state index contributed by atoms with van der Waals surface area (Å²) in [7, 11) is 1.69. The molecule has 1 aliphatic heterocycles. The fraction of sp³-hybridized carbons (Fsp3) is 0.500. The van der Waals surface area contributed by atoms with E-state index in [-0.39, 0.29) is 11.9 Å². The summed E-state index contributed by atoms with van der Waals surface area (Å²) in [6, 6.07) is 8.19. The minimum absolute atomic E-state index is 0.158. The number of carbonyl (C=O) groups is 1. The molecule has 0 aliphatic carbocycles. The third-order valence-corrected chi connectivity index (χ3v) is 5.14. The second-order valence-electron chi connectivity index (χ2n) is 6.86. The van der Waals surface area contributed by atoms with Crippen LogP contribution in [0.15, 0.2) is 28.8 Å². The molecule has 2 heterocycles. The largest absolute Gasteiger partial charge is 0.495 e. The van der Waals surface area contributed by atoms with Crippen molar-refractivity contribution < 1.29 is 14.1 Å². The normalized spacial score (nSPS) is 17.5. The summed E-state index contributed by atoms with van der Waals surface area (Å²) in [5.74, 6) is 1.87. The highest BCUT2D eigenvalue weighted by Crippen LogP contribution is 2.29. The maximum atomic E-state index is 12.7. The van der Waals surface area contributed by atoms with Crippen molar-refractivity contribution in [3.8, 4) is 5.75 Å². The second-order valence-corrected chi connectivity index (χ2v) is 6.86. The molecule has 6 heteroatoms. The molecule has 0 radical (unpaired) electrons. The van der Waals surface area contributed by atoms with Crippen molar-refractivity contribution in [2.45, 2.75) is 39.7 Å². The second kappa shape index (κ2) is 7.81. The number of para-hydroxylation sites is 2. The van der Waals surface area contributed by atoms with E-state index in [2.05, 4.69) is 23.0 Å². The van der Waals surface area contributed by atoms with Crippen molar-refractivity contribution in [1.82, 2.24) is 10.1 Å². The van der Waals surface area contributed by atoms with Crippen LogP contribution in [0.1, 0.15) is 30.4 Å². The Morgan fingerprint density at radius 2 is 2.08 bits per heavy atom. The highest BCUT2D eigenvalue weighted by molar-refractivity contribution is 5.77. The molecule has 1 aromatic carbocycles. The van der Waals surface area contributed by atoms with Gasteiger partial charge < -0.3 is 19.1 Å². The van der Waals surface area contributed by atoms with Gasteiger partial charge in [0.25, 0.3) is 0 Å². The topological polar surface area (TPSA) is 58.8 Å². The number of aromatic nitrogens is 1. The standard InChI is InChI=1S/C20H27N3O3/c1-14-13-22(18-7-5-6-8-19(18)25-4)11-12-23(14)20(24)10-9-17-15(2)21-26-16(17)3/h5-8,14H,9-13H2,1-4H3/t14-/m1/s1. The van der Waals surface area contributed by atoms with Crippen LogP contribution in [0, 0.1) is 13.8 Å². The van der Waals surface area contributed by atoms with Crippen LogP contribution in [0.4, 0.5) is 5.69 Å². The molecule has 1 aliphatic rings. The van der Waals surface area contributed by atoms with E-state index in [1.165, 1.54) is 0 Å². The third-order valence-electron chi connectivity index (χ3n) is 5.14. The molecule has 1 atom stereocenters. The highest BCUT2D eigenvalue weighted by Gasteiger charge is 2.28. The Morgan fingerprint density at radius 3 is 2.73 bits per heavy atom. The molecule has 0 saturated carbocycles. The molecule has 0 N–H and O–H groups in total. The summed E-state index contributed by atoms with van der Waals surface area (Å²) >= 11 is 0. The number of hydrogen-bond donors (Lipinski definition) is 0. The number of aryl methyl sites for hydroxylation is 2. The maximum absolute atomic E-state index is 12.7. The van der Waals surface area contributed by atoms with E-state index < -0.39 is 0 Å². The fourth-order valence-electron chi connectivity index (χ4n) is 3.67. The number of amides is 1. The Bertz CT molecular complexity index is 752. The van der Waals surface area contributed by atoms with E-state index in [0.29, 0.717) is 12.8 Å². The maximum Gasteiger partial charge on any atom is 0.223 e. The molecule has 1 aromatic heterocycles. The van der Waals surface area contributed by atoms with Crippen LogP contribution in [0.5, 0.6) is 5.75 Å². The molecule has 140 valence electrons. The van der Waals surface area contributed by atoms with Crippen molar-refractivity contribution in [3.05, 3.63) is 41.3 Å². The van der Waals surface area contributed by atoms with Gasteiger partial charge in [-0.05, 0) is 39.3 Å². The first kappa shape index (κ1) is 18.3. The average molecular weight is 357 g/mol. The van der Waals surface area contributed by atoms with Crippen molar-refractivity contribution >= 4 is 11.6 Å². The predicted molar refractivity (Wildman–Crippen MR) is 101 cm³/mol. The van der Waals surface area contributed by atoms with Gasteiger partial charge in [0, 0.05) is 37.7 Å². The van der Waals surface area contributed by atoms with Gasteiger partial charge >= 0.3 is 0 Å². The molecule has 0 unspecified atom stereocenters. The van der Waals surface area contributed by atoms with Crippen LogP contribution in [0.25, 0.3) is 0 Å². The minimum Gasteiger partial charge on any atom is -0.495 e. The molecule has 6 nitrogen and oxygen atoms in total. The quantitative estimate of drug-likeness (QED) is 0.823. The van der Waals surface area contributed by atoms with E-state index in [9.17, 15) is 4.79 Å². The van der Waals surface area contributed by atoms with Crippen molar-refractivity contribution in [2.24, 2.45) is 0 Å². The van der Waals surface area contributed by atoms with Gasteiger partial charge in [-0.2, -0.15) is 0 Å². The Kier molecular flexibility index (Phi) is 5.49. The number of carbonyl (C=O) groups excluding carboxylic acids is 1. The summed E-state index contributed by atoms with van der Waals surface area (Å²) in [6.07, 6.45) is 1.17. The fourth-order valence-corrected chi connectivity index (χ4v) is 3.67. The van der Waals surface area contributed by atoms with E-state index >= 15 is 0 Å². The first-order chi connectivity index (χ1) is 12.5. The Balaban J connectivity index is 1.61. The molecular formula is C20H27N3O3. The number of hydrogen-bond acceptors (Lipinski definition) is 5. The SMILES string of the molecule is COc1ccccc1N1CCN(C(=O)CCc2c(C)noc2C)[C@H](C)C1. The van der Waals surface area contributed by atoms with Crippen molar-refractivity contribution in [1.29, 1.82) is 0 Å². The average Bonchev–Trinajstić information content (AvgIpc) is 2.97. The van der Waals surface area contributed by atoms with Gasteiger partial charge in [-0.3, -0.25) is 4.79 Å². The van der Waals surface area contributed by atoms with E-state index in [0.717, 1.165) is 48.1 Å². The summed E-state index contributed by atoms with van der Waals surface area (Å²) in [5, 5.41) is 3.96. The smallest absolute Gasteiger partial charge is 0.223 e. The molecule has 2 aromatic rings. The molecule has 1 saturated heterocycles. The van der Waals surface area contributed by atoms with Gasteiger partial charge in [0.1, 0.15) is 11.5 Å². The Hall–Kier alpha value is -2.50. The molecule has 0 spiro atoms. The zero-order valence-corrected chi connectivity index (χ0v) is 16.0. The summed E-state index contributed by atoms with van der Waals surface area (Å²) in [4.78, 5) is 17.0. The van der Waals surface area contributed by atoms with Gasteiger partial charge in [-0.25, -0.2) is 0 Å². The van der Waals surface area contributed by atoms with Crippen molar-refractivity contribution in [3.63, 3.8) is 0 Å². The number of rotatable bonds is 5. The summed E-state index contributed by atoms with van der Waals surface area (Å²) < 4.78 is 10.7. The van der Waals surface area contributed by atoms with Gasteiger partial charge in [0.2, 0.25) is 5.91 Å². The number of ether oxygens (including phenoxy) is 1. The van der Waals surface area contributed by atoms with Crippen LogP contribution in [-0.4, -0.2) is 48.7 Å². The monoisotopic (exact) mass is 357 g/mol. The minimum atomic E-state index is 0.158. The molecule has 1 amide bonds. The molecule has 0 bridgehead atoms. The lowest BCUT2D eigenvalue weighted by Gasteiger charge is -2.41. The number of piperazine rings is 1. The van der Waals surface area contributed by atoms with Gasteiger partial charge in [0.05, 0.1) is 18.5 Å². The number of benzene rings is 1. The number of nitrogens with zero attached hydrogens (tertiary/aromatic N) is 3. The van der Waals surface area contributed by atoms with Crippen molar-refractivity contribution in [2.75, 3.05) is 31.6 Å². The molecule has 3 rings (SSSR count). The van der Waals surface area contributed by atoms with Gasteiger partial charge in [-0.15, -0.1) is 0 Å². The first-order valence-electron chi connectivity index (χ1n) is 9.10. The Labute approximate surface area is 154 Å².